The summed E-state index contributed by atoms with van der Waals surface area (Å²) >= 11 is 0. The summed E-state index contributed by atoms with van der Waals surface area (Å²) in [5.74, 6) is 0.569. The summed E-state index contributed by atoms with van der Waals surface area (Å²) in [4.78, 5) is 21.3. The Bertz CT molecular complexity index is 549. The van der Waals surface area contributed by atoms with Gasteiger partial charge in [0.25, 0.3) is 0 Å². The number of aromatic nitrogens is 1. The van der Waals surface area contributed by atoms with Crippen molar-refractivity contribution in [2.24, 2.45) is 5.92 Å². The van der Waals surface area contributed by atoms with Crippen LogP contribution in [0.15, 0.2) is 36.7 Å². The molecule has 1 amide bonds. The molecular weight excluding hydrogens is 298 g/mol. The van der Waals surface area contributed by atoms with Gasteiger partial charge in [-0.25, -0.2) is 0 Å². The highest BCUT2D eigenvalue weighted by Crippen LogP contribution is 2.23. The molecule has 0 saturated carbocycles. The van der Waals surface area contributed by atoms with Gasteiger partial charge in [-0.1, -0.05) is 12.2 Å². The minimum absolute atomic E-state index is 0.213. The van der Waals surface area contributed by atoms with Crippen LogP contribution >= 0.6 is 0 Å². The Balaban J connectivity index is 1.42. The fourth-order valence-corrected chi connectivity index (χ4v) is 3.85. The van der Waals surface area contributed by atoms with E-state index in [9.17, 15) is 4.79 Å². The molecule has 0 radical (unpaired) electrons. The fourth-order valence-electron chi connectivity index (χ4n) is 3.85. The summed E-state index contributed by atoms with van der Waals surface area (Å²) < 4.78 is 0. The van der Waals surface area contributed by atoms with Gasteiger partial charge in [-0.05, 0) is 56.2 Å². The van der Waals surface area contributed by atoms with Crippen LogP contribution in [-0.2, 0) is 11.2 Å². The maximum Gasteiger partial charge on any atom is 0.225 e. The van der Waals surface area contributed by atoms with E-state index in [0.717, 1.165) is 58.2 Å². The highest BCUT2D eigenvalue weighted by Gasteiger charge is 2.29. The molecule has 0 aromatic carbocycles. The highest BCUT2D eigenvalue weighted by molar-refractivity contribution is 5.79. The number of piperidine rings is 1. The summed E-state index contributed by atoms with van der Waals surface area (Å²) in [5.41, 5.74) is 1.35. The molecule has 1 fully saturated rings. The molecule has 1 aliphatic heterocycles. The summed E-state index contributed by atoms with van der Waals surface area (Å²) in [6.07, 6.45) is 14.4. The number of carbonyl (C=O) groups is 1. The average Bonchev–Trinajstić information content (AvgIpc) is 2.67. The van der Waals surface area contributed by atoms with E-state index in [1.165, 1.54) is 5.56 Å². The molecule has 1 aliphatic carbocycles. The molecule has 3 rings (SSSR count). The zero-order chi connectivity index (χ0) is 16.8. The van der Waals surface area contributed by atoms with Crippen molar-refractivity contribution >= 4 is 5.91 Å². The molecule has 1 atom stereocenters. The predicted molar refractivity (Wildman–Crippen MR) is 96.7 cm³/mol. The zero-order valence-electron chi connectivity index (χ0n) is 14.7. The molecule has 0 N–H and O–H groups in total. The van der Waals surface area contributed by atoms with E-state index in [0.29, 0.717) is 11.9 Å². The van der Waals surface area contributed by atoms with Gasteiger partial charge in [0, 0.05) is 51.0 Å². The van der Waals surface area contributed by atoms with Crippen molar-refractivity contribution in [2.75, 3.05) is 26.7 Å². The lowest BCUT2D eigenvalue weighted by molar-refractivity contribution is -0.137. The lowest BCUT2D eigenvalue weighted by Crippen LogP contribution is -2.47. The predicted octanol–water partition coefficient (Wildman–Crippen LogP) is 2.90. The van der Waals surface area contributed by atoms with Crippen molar-refractivity contribution in [1.82, 2.24) is 14.8 Å². The second-order valence-corrected chi connectivity index (χ2v) is 7.11. The van der Waals surface area contributed by atoms with Crippen LogP contribution in [-0.4, -0.2) is 53.4 Å². The normalized spacial score (nSPS) is 22.5. The van der Waals surface area contributed by atoms with Crippen molar-refractivity contribution in [3.8, 4) is 0 Å². The molecule has 4 nitrogen and oxygen atoms in total. The summed E-state index contributed by atoms with van der Waals surface area (Å²) in [7, 11) is 2.01. The molecule has 24 heavy (non-hydrogen) atoms. The van der Waals surface area contributed by atoms with Crippen LogP contribution in [0.1, 0.15) is 37.7 Å². The Labute approximate surface area is 145 Å². The number of nitrogens with zero attached hydrogens (tertiary/aromatic N) is 3. The standard InChI is InChI=1S/C20H29N3O/c1-22(20(24)18-5-3-2-4-6-18)19-10-15-23(16-11-19)14-9-17-7-12-21-13-8-17/h2-3,7-8,12-13,18-19H,4-6,9-11,14-16H2,1H3/t18-/m0/s1. The third kappa shape index (κ3) is 4.44. The van der Waals surface area contributed by atoms with Gasteiger partial charge in [0.2, 0.25) is 5.91 Å². The van der Waals surface area contributed by atoms with Gasteiger partial charge in [0.15, 0.2) is 0 Å². The number of carbonyl (C=O) groups excluding carboxylic acids is 1. The Morgan fingerprint density at radius 2 is 1.96 bits per heavy atom. The summed E-state index contributed by atoms with van der Waals surface area (Å²) in [6.45, 7) is 3.29. The largest absolute Gasteiger partial charge is 0.342 e. The van der Waals surface area contributed by atoms with E-state index in [-0.39, 0.29) is 5.92 Å². The number of allylic oxidation sites excluding steroid dienone is 2. The van der Waals surface area contributed by atoms with Crippen molar-refractivity contribution < 1.29 is 4.79 Å². The highest BCUT2D eigenvalue weighted by atomic mass is 16.2. The van der Waals surface area contributed by atoms with Crippen molar-refractivity contribution in [2.45, 2.75) is 44.6 Å². The van der Waals surface area contributed by atoms with E-state index < -0.39 is 0 Å². The lowest BCUT2D eigenvalue weighted by atomic mass is 9.92. The smallest absolute Gasteiger partial charge is 0.225 e. The van der Waals surface area contributed by atoms with Gasteiger partial charge in [-0.3, -0.25) is 9.78 Å². The Morgan fingerprint density at radius 3 is 2.62 bits per heavy atom. The van der Waals surface area contributed by atoms with Crippen molar-refractivity contribution in [3.05, 3.63) is 42.2 Å². The van der Waals surface area contributed by atoms with Crippen LogP contribution in [0.4, 0.5) is 0 Å². The maximum atomic E-state index is 12.7. The molecule has 130 valence electrons. The SMILES string of the molecule is CN(C(=O)[C@H]1CC=CCC1)C1CCN(CCc2ccncc2)CC1. The van der Waals surface area contributed by atoms with E-state index in [4.69, 9.17) is 0 Å². The van der Waals surface area contributed by atoms with Gasteiger partial charge < -0.3 is 9.80 Å². The molecule has 0 unspecified atom stereocenters. The second-order valence-electron chi connectivity index (χ2n) is 7.11. The van der Waals surface area contributed by atoms with Gasteiger partial charge in [0.05, 0.1) is 0 Å². The number of amides is 1. The average molecular weight is 327 g/mol. The molecule has 2 aliphatic rings. The van der Waals surface area contributed by atoms with E-state index >= 15 is 0 Å². The number of hydrogen-bond acceptors (Lipinski definition) is 3. The van der Waals surface area contributed by atoms with Crippen LogP contribution in [0, 0.1) is 5.92 Å². The van der Waals surface area contributed by atoms with Crippen LogP contribution in [0.3, 0.4) is 0 Å². The molecule has 0 spiro atoms. The van der Waals surface area contributed by atoms with E-state index in [2.05, 4.69) is 34.2 Å². The quantitative estimate of drug-likeness (QED) is 0.780. The van der Waals surface area contributed by atoms with E-state index in [1.54, 1.807) is 0 Å². The minimum atomic E-state index is 0.213. The molecule has 2 heterocycles. The first-order valence-corrected chi connectivity index (χ1v) is 9.27. The first-order valence-electron chi connectivity index (χ1n) is 9.27. The monoisotopic (exact) mass is 327 g/mol. The number of rotatable bonds is 5. The van der Waals surface area contributed by atoms with Gasteiger partial charge in [-0.15, -0.1) is 0 Å². The third-order valence-electron chi connectivity index (χ3n) is 5.54. The van der Waals surface area contributed by atoms with Gasteiger partial charge in [0.1, 0.15) is 0 Å². The van der Waals surface area contributed by atoms with Crippen LogP contribution < -0.4 is 0 Å². The molecular formula is C20H29N3O. The first kappa shape index (κ1) is 17.2. The molecule has 4 heteroatoms. The van der Waals surface area contributed by atoms with Crippen LogP contribution in [0.25, 0.3) is 0 Å². The summed E-state index contributed by atoms with van der Waals surface area (Å²) in [6, 6.07) is 4.61. The Hall–Kier alpha value is -1.68. The fraction of sp³-hybridized carbons (Fsp3) is 0.600. The number of hydrogen-bond donors (Lipinski definition) is 0. The first-order chi connectivity index (χ1) is 11.7. The molecule has 1 aromatic rings. The molecule has 0 bridgehead atoms. The van der Waals surface area contributed by atoms with Gasteiger partial charge in [-0.2, -0.15) is 0 Å². The number of pyridine rings is 1. The van der Waals surface area contributed by atoms with Crippen molar-refractivity contribution in [3.63, 3.8) is 0 Å². The Kier molecular flexibility index (Phi) is 6.02. The topological polar surface area (TPSA) is 36.4 Å². The van der Waals surface area contributed by atoms with Gasteiger partial charge >= 0.3 is 0 Å². The van der Waals surface area contributed by atoms with Crippen LogP contribution in [0.2, 0.25) is 0 Å². The molecule has 1 saturated heterocycles. The van der Waals surface area contributed by atoms with Crippen LogP contribution in [0.5, 0.6) is 0 Å². The summed E-state index contributed by atoms with van der Waals surface area (Å²) in [5, 5.41) is 0. The minimum Gasteiger partial charge on any atom is -0.342 e. The maximum absolute atomic E-state index is 12.7. The van der Waals surface area contributed by atoms with E-state index in [1.807, 2.05) is 24.3 Å². The Morgan fingerprint density at radius 1 is 1.21 bits per heavy atom. The zero-order valence-corrected chi connectivity index (χ0v) is 14.7. The second kappa shape index (κ2) is 8.43. The molecule has 1 aromatic heterocycles. The third-order valence-corrected chi connectivity index (χ3v) is 5.54. The number of likely N-dealkylation sites (tertiary alicyclic amines) is 1. The van der Waals surface area contributed by atoms with Crippen molar-refractivity contribution in [1.29, 1.82) is 0 Å². The lowest BCUT2D eigenvalue weighted by Gasteiger charge is -2.38.